The molecule has 0 atom stereocenters. The number of nitrogens with zero attached hydrogens (tertiary/aromatic N) is 2. The maximum Gasteiger partial charge on any atom is 0.433 e. The van der Waals surface area contributed by atoms with E-state index in [4.69, 9.17) is 5.11 Å². The summed E-state index contributed by atoms with van der Waals surface area (Å²) in [5.74, 6) is -1.49. The smallest absolute Gasteiger partial charge is 0.433 e. The number of halogens is 3. The zero-order chi connectivity index (χ0) is 12.8. The molecule has 90 valence electrons. The number of carboxylic acid groups (broad SMARTS) is 1. The quantitative estimate of drug-likeness (QED) is 0.834. The summed E-state index contributed by atoms with van der Waals surface area (Å²) >= 11 is 0. The third kappa shape index (κ3) is 1.81. The number of rotatable bonds is 1. The van der Waals surface area contributed by atoms with Crippen LogP contribution in [0.5, 0.6) is 0 Å². The summed E-state index contributed by atoms with van der Waals surface area (Å²) in [7, 11) is 0. The SMILES string of the molecule is Cc1noc2nc(C(F)(F)F)cc(C(=O)O)c12. The monoisotopic (exact) mass is 246 g/mol. The number of hydrogen-bond donors (Lipinski definition) is 1. The number of aromatic nitrogens is 2. The van der Waals surface area contributed by atoms with Gasteiger partial charge in [-0.05, 0) is 13.0 Å². The van der Waals surface area contributed by atoms with Crippen LogP contribution in [0.15, 0.2) is 10.6 Å². The Bertz CT molecular complexity index is 603. The molecule has 0 fully saturated rings. The van der Waals surface area contributed by atoms with Gasteiger partial charge in [0.2, 0.25) is 0 Å². The van der Waals surface area contributed by atoms with E-state index < -0.39 is 29.1 Å². The van der Waals surface area contributed by atoms with E-state index in [2.05, 4.69) is 14.7 Å². The van der Waals surface area contributed by atoms with Crippen molar-refractivity contribution in [3.8, 4) is 0 Å². The van der Waals surface area contributed by atoms with Crippen LogP contribution in [0.3, 0.4) is 0 Å². The molecule has 5 nitrogen and oxygen atoms in total. The van der Waals surface area contributed by atoms with Crippen molar-refractivity contribution in [2.24, 2.45) is 0 Å². The second-order valence-corrected chi connectivity index (χ2v) is 3.31. The number of aromatic carboxylic acids is 1. The molecule has 0 bridgehead atoms. The lowest BCUT2D eigenvalue weighted by molar-refractivity contribution is -0.141. The summed E-state index contributed by atoms with van der Waals surface area (Å²) in [5, 5.41) is 12.2. The molecule has 0 aliphatic rings. The first kappa shape index (κ1) is 11.4. The lowest BCUT2D eigenvalue weighted by Gasteiger charge is -2.06. The van der Waals surface area contributed by atoms with Gasteiger partial charge in [0.1, 0.15) is 5.69 Å². The van der Waals surface area contributed by atoms with E-state index in [9.17, 15) is 18.0 Å². The second-order valence-electron chi connectivity index (χ2n) is 3.31. The summed E-state index contributed by atoms with van der Waals surface area (Å²) < 4.78 is 41.9. The van der Waals surface area contributed by atoms with Crippen LogP contribution >= 0.6 is 0 Å². The van der Waals surface area contributed by atoms with Gasteiger partial charge in [-0.15, -0.1) is 0 Å². The highest BCUT2D eigenvalue weighted by Crippen LogP contribution is 2.31. The van der Waals surface area contributed by atoms with E-state index in [1.807, 2.05) is 0 Å². The predicted molar refractivity (Wildman–Crippen MR) is 48.5 cm³/mol. The fourth-order valence-corrected chi connectivity index (χ4v) is 1.41. The van der Waals surface area contributed by atoms with Gasteiger partial charge in [-0.1, -0.05) is 5.16 Å². The van der Waals surface area contributed by atoms with E-state index in [0.717, 1.165) is 0 Å². The lowest BCUT2D eigenvalue weighted by Crippen LogP contribution is -2.10. The molecule has 17 heavy (non-hydrogen) atoms. The van der Waals surface area contributed by atoms with Crippen LogP contribution in [0.4, 0.5) is 13.2 Å². The molecule has 2 aromatic heterocycles. The molecule has 0 aliphatic heterocycles. The van der Waals surface area contributed by atoms with Gasteiger partial charge in [-0.25, -0.2) is 9.78 Å². The average Bonchev–Trinajstić information content (AvgIpc) is 2.58. The Labute approximate surface area is 91.8 Å². The lowest BCUT2D eigenvalue weighted by atomic mass is 10.1. The molecule has 2 heterocycles. The molecule has 0 amide bonds. The Kier molecular flexibility index (Phi) is 2.30. The molecule has 0 aromatic carbocycles. The molecular formula is C9H5F3N2O3. The molecule has 2 aromatic rings. The van der Waals surface area contributed by atoms with Gasteiger partial charge in [0.05, 0.1) is 16.6 Å². The first-order valence-corrected chi connectivity index (χ1v) is 4.38. The fraction of sp³-hybridized carbons (Fsp3) is 0.222. The van der Waals surface area contributed by atoms with E-state index in [0.29, 0.717) is 6.07 Å². The number of aryl methyl sites for hydroxylation is 1. The third-order valence-electron chi connectivity index (χ3n) is 2.14. The number of fused-ring (bicyclic) bond motifs is 1. The number of carbonyl (C=O) groups is 1. The van der Waals surface area contributed by atoms with E-state index in [1.165, 1.54) is 6.92 Å². The summed E-state index contributed by atoms with van der Waals surface area (Å²) in [5.41, 5.74) is -2.10. The highest BCUT2D eigenvalue weighted by atomic mass is 19.4. The standard InChI is InChI=1S/C9H5F3N2O3/c1-3-6-4(8(15)16)2-5(9(10,11)12)13-7(6)17-14-3/h2H,1H3,(H,15,16). The van der Waals surface area contributed by atoms with Crippen LogP contribution in [0.2, 0.25) is 0 Å². The molecule has 8 heteroatoms. The van der Waals surface area contributed by atoms with Crippen molar-refractivity contribution in [3.05, 3.63) is 23.0 Å². The number of hydrogen-bond acceptors (Lipinski definition) is 4. The highest BCUT2D eigenvalue weighted by molar-refractivity contribution is 6.02. The van der Waals surface area contributed by atoms with Crippen molar-refractivity contribution < 1.29 is 27.6 Å². The van der Waals surface area contributed by atoms with E-state index >= 15 is 0 Å². The summed E-state index contributed by atoms with van der Waals surface area (Å²) in [6.07, 6.45) is -4.74. The van der Waals surface area contributed by atoms with E-state index in [1.54, 1.807) is 0 Å². The molecular weight excluding hydrogens is 241 g/mol. The number of alkyl halides is 3. The van der Waals surface area contributed by atoms with Gasteiger partial charge in [-0.3, -0.25) is 0 Å². The molecule has 0 spiro atoms. The zero-order valence-corrected chi connectivity index (χ0v) is 8.37. The van der Waals surface area contributed by atoms with Gasteiger partial charge in [0, 0.05) is 0 Å². The topological polar surface area (TPSA) is 76.2 Å². The molecule has 0 aliphatic carbocycles. The maximum absolute atomic E-state index is 12.4. The minimum absolute atomic E-state index is 0.0227. The fourth-order valence-electron chi connectivity index (χ4n) is 1.41. The number of pyridine rings is 1. The summed E-state index contributed by atoms with van der Waals surface area (Å²) in [4.78, 5) is 14.1. The minimum atomic E-state index is -4.74. The Hall–Kier alpha value is -2.12. The minimum Gasteiger partial charge on any atom is -0.478 e. The van der Waals surface area contributed by atoms with Gasteiger partial charge in [0.25, 0.3) is 5.71 Å². The van der Waals surface area contributed by atoms with Gasteiger partial charge < -0.3 is 9.63 Å². The second kappa shape index (κ2) is 3.44. The summed E-state index contributed by atoms with van der Waals surface area (Å²) in [6.45, 7) is 1.42. The molecule has 2 rings (SSSR count). The Morgan fingerprint density at radius 3 is 2.65 bits per heavy atom. The Balaban J connectivity index is 2.83. The maximum atomic E-state index is 12.4. The van der Waals surface area contributed by atoms with Crippen LogP contribution in [0, 0.1) is 6.92 Å². The third-order valence-corrected chi connectivity index (χ3v) is 2.14. The number of carboxylic acids is 1. The Morgan fingerprint density at radius 2 is 2.12 bits per heavy atom. The molecule has 0 unspecified atom stereocenters. The van der Waals surface area contributed by atoms with Crippen LogP contribution in [-0.2, 0) is 6.18 Å². The zero-order valence-electron chi connectivity index (χ0n) is 8.37. The molecule has 0 saturated heterocycles. The van der Waals surface area contributed by atoms with Crippen molar-refractivity contribution >= 4 is 17.1 Å². The predicted octanol–water partition coefficient (Wildman–Crippen LogP) is 2.25. The highest BCUT2D eigenvalue weighted by Gasteiger charge is 2.35. The summed E-state index contributed by atoms with van der Waals surface area (Å²) in [6, 6.07) is 0.467. The first-order valence-electron chi connectivity index (χ1n) is 4.38. The molecule has 0 radical (unpaired) electrons. The Morgan fingerprint density at radius 1 is 1.47 bits per heavy atom. The van der Waals surface area contributed by atoms with Crippen LogP contribution in [0.25, 0.3) is 11.1 Å². The normalized spacial score (nSPS) is 12.0. The van der Waals surface area contributed by atoms with Gasteiger partial charge >= 0.3 is 12.1 Å². The molecule has 1 N–H and O–H groups in total. The van der Waals surface area contributed by atoms with Gasteiger partial charge in [0.15, 0.2) is 0 Å². The van der Waals surface area contributed by atoms with Crippen molar-refractivity contribution in [1.82, 2.24) is 10.1 Å². The average molecular weight is 246 g/mol. The van der Waals surface area contributed by atoms with Crippen LogP contribution in [-0.4, -0.2) is 21.2 Å². The molecule has 0 saturated carbocycles. The van der Waals surface area contributed by atoms with Gasteiger partial charge in [-0.2, -0.15) is 13.2 Å². The van der Waals surface area contributed by atoms with Crippen molar-refractivity contribution in [1.29, 1.82) is 0 Å². The van der Waals surface area contributed by atoms with Crippen molar-refractivity contribution in [2.45, 2.75) is 13.1 Å². The van der Waals surface area contributed by atoms with Crippen molar-refractivity contribution in [3.63, 3.8) is 0 Å². The van der Waals surface area contributed by atoms with Crippen molar-refractivity contribution in [2.75, 3.05) is 0 Å². The van der Waals surface area contributed by atoms with Crippen LogP contribution < -0.4 is 0 Å². The van der Waals surface area contributed by atoms with Crippen LogP contribution in [0.1, 0.15) is 21.7 Å². The first-order chi connectivity index (χ1) is 7.80. The van der Waals surface area contributed by atoms with E-state index in [-0.39, 0.29) is 11.1 Å². The largest absolute Gasteiger partial charge is 0.478 e.